The van der Waals surface area contributed by atoms with Crippen molar-refractivity contribution in [3.63, 3.8) is 0 Å². The van der Waals surface area contributed by atoms with E-state index in [-0.39, 0.29) is 11.5 Å². The molecule has 0 spiro atoms. The molecule has 1 N–H and O–H groups in total. The second-order valence-corrected chi connectivity index (χ2v) is 6.26. The van der Waals surface area contributed by atoms with E-state index in [1.807, 2.05) is 6.07 Å². The Balaban J connectivity index is 1.53. The van der Waals surface area contributed by atoms with Crippen LogP contribution < -0.4 is 5.32 Å². The van der Waals surface area contributed by atoms with Crippen molar-refractivity contribution >= 4 is 0 Å². The molecule has 3 rings (SSSR count). The highest BCUT2D eigenvalue weighted by molar-refractivity contribution is 5.13. The van der Waals surface area contributed by atoms with Gasteiger partial charge in [0, 0.05) is 24.6 Å². The fourth-order valence-corrected chi connectivity index (χ4v) is 2.87. The normalized spacial score (nSPS) is 29.8. The highest BCUT2D eigenvalue weighted by Crippen LogP contribution is 2.36. The van der Waals surface area contributed by atoms with E-state index in [4.69, 9.17) is 9.47 Å². The highest BCUT2D eigenvalue weighted by Gasteiger charge is 2.42. The molecule has 0 radical (unpaired) electrons. The highest BCUT2D eigenvalue weighted by atomic mass is 16.5. The minimum absolute atomic E-state index is 0.150. The summed E-state index contributed by atoms with van der Waals surface area (Å²) < 4.78 is 11.8. The molecule has 0 amide bonds. The molecule has 3 heteroatoms. The summed E-state index contributed by atoms with van der Waals surface area (Å²) in [7, 11) is 0. The molecule has 1 aromatic rings. The Kier molecular flexibility index (Phi) is 4.39. The quantitative estimate of drug-likeness (QED) is 0.830. The van der Waals surface area contributed by atoms with Crippen LogP contribution in [0.2, 0.25) is 0 Å². The molecule has 3 nitrogen and oxygen atoms in total. The van der Waals surface area contributed by atoms with E-state index < -0.39 is 0 Å². The zero-order valence-corrected chi connectivity index (χ0v) is 12.3. The molecule has 1 saturated heterocycles. The Morgan fingerprint density at radius 1 is 1.30 bits per heavy atom. The summed E-state index contributed by atoms with van der Waals surface area (Å²) in [6.07, 6.45) is 4.04. The minimum Gasteiger partial charge on any atom is -0.378 e. The fourth-order valence-electron chi connectivity index (χ4n) is 2.87. The van der Waals surface area contributed by atoms with Gasteiger partial charge >= 0.3 is 0 Å². The van der Waals surface area contributed by atoms with Crippen LogP contribution >= 0.6 is 0 Å². The van der Waals surface area contributed by atoms with Crippen molar-refractivity contribution in [1.82, 2.24) is 5.32 Å². The average molecular weight is 275 g/mol. The van der Waals surface area contributed by atoms with Crippen LogP contribution in [0.15, 0.2) is 30.3 Å². The molecular weight excluding hydrogens is 250 g/mol. The third kappa shape index (κ3) is 3.40. The summed E-state index contributed by atoms with van der Waals surface area (Å²) in [6.45, 7) is 5.55. The lowest BCUT2D eigenvalue weighted by molar-refractivity contribution is -0.0123. The molecular formula is C17H25NO2. The van der Waals surface area contributed by atoms with E-state index in [2.05, 4.69) is 36.5 Å². The number of ether oxygens (including phenoxy) is 2. The molecule has 2 aliphatic rings. The first-order valence-corrected chi connectivity index (χ1v) is 7.75. The molecule has 0 aromatic heterocycles. The Morgan fingerprint density at radius 2 is 2.10 bits per heavy atom. The van der Waals surface area contributed by atoms with E-state index in [0.29, 0.717) is 6.61 Å². The molecule has 1 saturated carbocycles. The number of hydrogen-bond donors (Lipinski definition) is 1. The van der Waals surface area contributed by atoms with Gasteiger partial charge in [-0.3, -0.25) is 0 Å². The van der Waals surface area contributed by atoms with Crippen LogP contribution in [0.3, 0.4) is 0 Å². The van der Waals surface area contributed by atoms with Gasteiger partial charge in [-0.25, -0.2) is 0 Å². The average Bonchev–Trinajstić information content (AvgIpc) is 3.23. The van der Waals surface area contributed by atoms with Crippen molar-refractivity contribution in [3.8, 4) is 0 Å². The predicted octanol–water partition coefficient (Wildman–Crippen LogP) is 2.75. The van der Waals surface area contributed by atoms with Crippen LogP contribution in [-0.2, 0) is 16.1 Å². The number of rotatable bonds is 7. The van der Waals surface area contributed by atoms with Gasteiger partial charge in [-0.05, 0) is 31.7 Å². The molecule has 110 valence electrons. The zero-order valence-electron chi connectivity index (χ0n) is 12.3. The number of nitrogens with one attached hydrogen (secondary N) is 1. The smallest absolute Gasteiger partial charge is 0.0717 e. The SMILES string of the molecule is CC1OCCC1(CNC1CC1)COCc1ccccc1. The minimum atomic E-state index is 0.150. The van der Waals surface area contributed by atoms with Gasteiger partial charge in [0.25, 0.3) is 0 Å². The van der Waals surface area contributed by atoms with Crippen LogP contribution in [0.25, 0.3) is 0 Å². The second-order valence-electron chi connectivity index (χ2n) is 6.26. The van der Waals surface area contributed by atoms with E-state index in [1.54, 1.807) is 0 Å². The summed E-state index contributed by atoms with van der Waals surface area (Å²) in [5.74, 6) is 0. The van der Waals surface area contributed by atoms with E-state index in [9.17, 15) is 0 Å². The summed E-state index contributed by atoms with van der Waals surface area (Å²) in [6, 6.07) is 11.1. The number of benzene rings is 1. The molecule has 1 heterocycles. The van der Waals surface area contributed by atoms with Gasteiger partial charge in [0.1, 0.15) is 0 Å². The molecule has 2 atom stereocenters. The summed E-state index contributed by atoms with van der Waals surface area (Å²) in [5.41, 5.74) is 1.39. The molecule has 20 heavy (non-hydrogen) atoms. The fraction of sp³-hybridized carbons (Fsp3) is 0.647. The molecule has 1 aromatic carbocycles. The molecule has 1 aliphatic heterocycles. The van der Waals surface area contributed by atoms with E-state index in [1.165, 1.54) is 18.4 Å². The van der Waals surface area contributed by atoms with Gasteiger partial charge in [0.15, 0.2) is 0 Å². The van der Waals surface area contributed by atoms with Gasteiger partial charge in [-0.1, -0.05) is 30.3 Å². The standard InChI is InChI=1S/C17H25NO2/c1-14-17(9-10-20-14,12-18-16-7-8-16)13-19-11-15-5-3-2-4-6-15/h2-6,14,16,18H,7-13H2,1H3. The summed E-state index contributed by atoms with van der Waals surface area (Å²) in [4.78, 5) is 0. The third-order valence-electron chi connectivity index (χ3n) is 4.65. The van der Waals surface area contributed by atoms with Gasteiger partial charge < -0.3 is 14.8 Å². The molecule has 2 fully saturated rings. The van der Waals surface area contributed by atoms with Crippen molar-refractivity contribution < 1.29 is 9.47 Å². The van der Waals surface area contributed by atoms with Crippen LogP contribution in [0.4, 0.5) is 0 Å². The maximum absolute atomic E-state index is 6.01. The summed E-state index contributed by atoms with van der Waals surface area (Å²) in [5, 5.41) is 3.66. The second kappa shape index (κ2) is 6.25. The number of hydrogen-bond acceptors (Lipinski definition) is 3. The van der Waals surface area contributed by atoms with Crippen molar-refractivity contribution in [1.29, 1.82) is 0 Å². The lowest BCUT2D eigenvalue weighted by atomic mass is 9.82. The van der Waals surface area contributed by atoms with Crippen LogP contribution in [-0.4, -0.2) is 31.9 Å². The van der Waals surface area contributed by atoms with Crippen molar-refractivity contribution in [3.05, 3.63) is 35.9 Å². The van der Waals surface area contributed by atoms with E-state index in [0.717, 1.165) is 32.2 Å². The lowest BCUT2D eigenvalue weighted by Gasteiger charge is -2.32. The van der Waals surface area contributed by atoms with E-state index >= 15 is 0 Å². The van der Waals surface area contributed by atoms with Crippen molar-refractivity contribution in [2.45, 2.75) is 44.9 Å². The third-order valence-corrected chi connectivity index (χ3v) is 4.65. The Bertz CT molecular complexity index is 418. The van der Waals surface area contributed by atoms with Crippen molar-refractivity contribution in [2.75, 3.05) is 19.8 Å². The maximum atomic E-state index is 6.01. The first kappa shape index (κ1) is 14.1. The first-order chi connectivity index (χ1) is 9.78. The molecule has 1 aliphatic carbocycles. The lowest BCUT2D eigenvalue weighted by Crippen LogP contribution is -2.43. The molecule has 0 bridgehead atoms. The predicted molar refractivity (Wildman–Crippen MR) is 79.6 cm³/mol. The Labute approximate surface area is 121 Å². The van der Waals surface area contributed by atoms with Crippen molar-refractivity contribution in [2.24, 2.45) is 5.41 Å². The first-order valence-electron chi connectivity index (χ1n) is 7.75. The van der Waals surface area contributed by atoms with Gasteiger partial charge in [0.05, 0.1) is 19.3 Å². The van der Waals surface area contributed by atoms with Gasteiger partial charge in [0.2, 0.25) is 0 Å². The monoisotopic (exact) mass is 275 g/mol. The van der Waals surface area contributed by atoms with Crippen LogP contribution in [0, 0.1) is 5.41 Å². The van der Waals surface area contributed by atoms with Gasteiger partial charge in [-0.15, -0.1) is 0 Å². The maximum Gasteiger partial charge on any atom is 0.0717 e. The topological polar surface area (TPSA) is 30.5 Å². The Morgan fingerprint density at radius 3 is 2.75 bits per heavy atom. The Hall–Kier alpha value is -0.900. The summed E-state index contributed by atoms with van der Waals surface area (Å²) >= 11 is 0. The largest absolute Gasteiger partial charge is 0.378 e. The zero-order chi connectivity index (χ0) is 13.8. The van der Waals surface area contributed by atoms with Crippen LogP contribution in [0.1, 0.15) is 31.7 Å². The van der Waals surface area contributed by atoms with Crippen LogP contribution in [0.5, 0.6) is 0 Å². The molecule has 2 unspecified atom stereocenters. The van der Waals surface area contributed by atoms with Gasteiger partial charge in [-0.2, -0.15) is 0 Å².